The molecule has 0 radical (unpaired) electrons. The number of halogens is 1. The van der Waals surface area contributed by atoms with Crippen LogP contribution in [0.15, 0.2) is 50.8 Å². The van der Waals surface area contributed by atoms with Gasteiger partial charge in [-0.15, -0.1) is 0 Å². The molecule has 28 heavy (non-hydrogen) atoms. The zero-order valence-electron chi connectivity index (χ0n) is 15.9. The molecule has 0 aromatic heterocycles. The van der Waals surface area contributed by atoms with E-state index in [2.05, 4.69) is 26.2 Å². The van der Waals surface area contributed by atoms with Crippen LogP contribution in [0.3, 0.4) is 0 Å². The predicted molar refractivity (Wildman–Crippen MR) is 118 cm³/mol. The number of rotatable bonds is 6. The summed E-state index contributed by atoms with van der Waals surface area (Å²) in [5, 5.41) is 3.37. The summed E-state index contributed by atoms with van der Waals surface area (Å²) < 4.78 is 12.1. The number of hydrogen-bond acceptors (Lipinski definition) is 5. The van der Waals surface area contributed by atoms with Gasteiger partial charge in [-0.25, -0.2) is 4.99 Å². The summed E-state index contributed by atoms with van der Waals surface area (Å²) in [6.45, 7) is 6.94. The molecule has 7 heteroatoms. The van der Waals surface area contributed by atoms with E-state index in [9.17, 15) is 4.79 Å². The molecule has 0 atom stereocenters. The molecule has 5 nitrogen and oxygen atoms in total. The Kier molecular flexibility index (Phi) is 6.80. The number of amides is 1. The second-order valence-electron chi connectivity index (χ2n) is 6.00. The van der Waals surface area contributed by atoms with Gasteiger partial charge in [0.05, 0.1) is 23.8 Å². The van der Waals surface area contributed by atoms with E-state index >= 15 is 0 Å². The summed E-state index contributed by atoms with van der Waals surface area (Å²) in [7, 11) is 0. The van der Waals surface area contributed by atoms with Crippen LogP contribution in [-0.4, -0.2) is 24.3 Å². The number of carbonyl (C=O) groups is 1. The number of aliphatic imine (C=N–C) groups is 1. The van der Waals surface area contributed by atoms with Gasteiger partial charge in [0.25, 0.3) is 5.91 Å². The molecule has 1 heterocycles. The number of nitrogens with one attached hydrogen (secondary N) is 1. The van der Waals surface area contributed by atoms with Crippen LogP contribution in [0.2, 0.25) is 0 Å². The monoisotopic (exact) mass is 460 g/mol. The van der Waals surface area contributed by atoms with Crippen LogP contribution in [0.1, 0.15) is 25.0 Å². The van der Waals surface area contributed by atoms with E-state index in [-0.39, 0.29) is 5.91 Å². The number of benzene rings is 2. The summed E-state index contributed by atoms with van der Waals surface area (Å²) in [6, 6.07) is 11.6. The zero-order valence-corrected chi connectivity index (χ0v) is 18.3. The minimum atomic E-state index is -0.172. The molecule has 146 valence electrons. The Bertz CT molecular complexity index is 939. The van der Waals surface area contributed by atoms with E-state index in [0.717, 1.165) is 21.3 Å². The number of ether oxygens (including phenoxy) is 2. The van der Waals surface area contributed by atoms with E-state index in [1.165, 1.54) is 11.8 Å². The van der Waals surface area contributed by atoms with Gasteiger partial charge in [0, 0.05) is 4.47 Å². The van der Waals surface area contributed by atoms with Crippen LogP contribution in [0, 0.1) is 6.92 Å². The molecule has 1 fully saturated rings. The van der Waals surface area contributed by atoms with Crippen molar-refractivity contribution in [1.29, 1.82) is 0 Å². The molecule has 1 saturated heterocycles. The molecule has 0 bridgehead atoms. The lowest BCUT2D eigenvalue weighted by Gasteiger charge is -2.13. The molecule has 1 aliphatic heterocycles. The average molecular weight is 461 g/mol. The molecule has 0 spiro atoms. The largest absolute Gasteiger partial charge is 0.490 e. The fourth-order valence-electron chi connectivity index (χ4n) is 2.56. The lowest BCUT2D eigenvalue weighted by atomic mass is 10.2. The van der Waals surface area contributed by atoms with Gasteiger partial charge >= 0.3 is 0 Å². The van der Waals surface area contributed by atoms with Gasteiger partial charge in [0.15, 0.2) is 16.7 Å². The van der Waals surface area contributed by atoms with Crippen molar-refractivity contribution in [1.82, 2.24) is 5.32 Å². The molecule has 0 aliphatic carbocycles. The van der Waals surface area contributed by atoms with E-state index in [1.807, 2.05) is 63.2 Å². The van der Waals surface area contributed by atoms with E-state index < -0.39 is 0 Å². The van der Waals surface area contributed by atoms with Gasteiger partial charge in [-0.05, 0) is 68.4 Å². The van der Waals surface area contributed by atoms with E-state index in [1.54, 1.807) is 0 Å². The van der Waals surface area contributed by atoms with Crippen LogP contribution in [0.25, 0.3) is 6.08 Å². The highest BCUT2D eigenvalue weighted by Gasteiger charge is 2.24. The molecule has 2 aromatic rings. The van der Waals surface area contributed by atoms with E-state index in [4.69, 9.17) is 9.47 Å². The number of nitrogens with zero attached hydrogens (tertiary/aromatic N) is 1. The van der Waals surface area contributed by atoms with Crippen LogP contribution in [0.5, 0.6) is 11.5 Å². The Morgan fingerprint density at radius 1 is 1.11 bits per heavy atom. The highest BCUT2D eigenvalue weighted by molar-refractivity contribution is 9.10. The van der Waals surface area contributed by atoms with Crippen molar-refractivity contribution in [3.05, 3.63) is 56.9 Å². The molecule has 0 unspecified atom stereocenters. The van der Waals surface area contributed by atoms with Crippen molar-refractivity contribution in [2.45, 2.75) is 20.8 Å². The van der Waals surface area contributed by atoms with Crippen molar-refractivity contribution >= 4 is 50.5 Å². The SMILES string of the molecule is CCOc1cc(Br)c(/C=C2/SC(=Nc3ccc(C)cc3)NC2=O)cc1OCC. The van der Waals surface area contributed by atoms with Crippen molar-refractivity contribution in [2.75, 3.05) is 13.2 Å². The Hall–Kier alpha value is -2.25. The fraction of sp³-hybridized carbons (Fsp3) is 0.238. The smallest absolute Gasteiger partial charge is 0.264 e. The number of hydrogen-bond donors (Lipinski definition) is 1. The maximum atomic E-state index is 12.4. The third-order valence-corrected chi connectivity index (χ3v) is 5.46. The molecular formula is C21H21BrN2O3S. The normalized spacial score (nSPS) is 16.5. The van der Waals surface area contributed by atoms with Crippen molar-refractivity contribution in [3.63, 3.8) is 0 Å². The highest BCUT2D eigenvalue weighted by Crippen LogP contribution is 2.37. The lowest BCUT2D eigenvalue weighted by Crippen LogP contribution is -2.19. The zero-order chi connectivity index (χ0) is 20.1. The number of thioether (sulfide) groups is 1. The number of carbonyl (C=O) groups excluding carboxylic acids is 1. The first-order chi connectivity index (χ1) is 13.5. The third-order valence-electron chi connectivity index (χ3n) is 3.86. The predicted octanol–water partition coefficient (Wildman–Crippen LogP) is 5.45. The molecule has 1 amide bonds. The Labute approximate surface area is 177 Å². The molecule has 1 aliphatic rings. The van der Waals surface area contributed by atoms with Crippen molar-refractivity contribution in [3.8, 4) is 11.5 Å². The standard InChI is InChI=1S/C21H21BrN2O3S/c1-4-26-17-10-14(16(22)12-18(17)27-5-2)11-19-20(25)24-21(28-19)23-15-8-6-13(3)7-9-15/h6-12H,4-5H2,1-3H3,(H,23,24,25)/b19-11+. The molecule has 3 rings (SSSR count). The van der Waals surface area contributed by atoms with Gasteiger partial charge < -0.3 is 14.8 Å². The number of aryl methyl sites for hydroxylation is 1. The first kappa shape index (κ1) is 20.5. The van der Waals surface area contributed by atoms with Crippen LogP contribution >= 0.6 is 27.7 Å². The topological polar surface area (TPSA) is 59.9 Å². The van der Waals surface area contributed by atoms with Crippen molar-refractivity contribution in [2.24, 2.45) is 4.99 Å². The minimum Gasteiger partial charge on any atom is -0.490 e. The van der Waals surface area contributed by atoms with Crippen LogP contribution in [0.4, 0.5) is 5.69 Å². The second kappa shape index (κ2) is 9.30. The molecule has 0 saturated carbocycles. The Morgan fingerprint density at radius 2 is 1.75 bits per heavy atom. The summed E-state index contributed by atoms with van der Waals surface area (Å²) in [6.07, 6.45) is 1.82. The van der Waals surface area contributed by atoms with Gasteiger partial charge in [-0.2, -0.15) is 0 Å². The lowest BCUT2D eigenvalue weighted by molar-refractivity contribution is -0.115. The summed E-state index contributed by atoms with van der Waals surface area (Å²) >= 11 is 4.87. The first-order valence-corrected chi connectivity index (χ1v) is 10.6. The summed E-state index contributed by atoms with van der Waals surface area (Å²) in [4.78, 5) is 17.4. The molecular weight excluding hydrogens is 440 g/mol. The van der Waals surface area contributed by atoms with Gasteiger partial charge in [-0.3, -0.25) is 4.79 Å². The van der Waals surface area contributed by atoms with Crippen molar-refractivity contribution < 1.29 is 14.3 Å². The molecule has 1 N–H and O–H groups in total. The first-order valence-electron chi connectivity index (χ1n) is 8.95. The van der Waals surface area contributed by atoms with Crippen LogP contribution < -0.4 is 14.8 Å². The Balaban J connectivity index is 1.87. The third kappa shape index (κ3) is 4.97. The van der Waals surface area contributed by atoms with Crippen LogP contribution in [-0.2, 0) is 4.79 Å². The summed E-state index contributed by atoms with van der Waals surface area (Å²) in [5.74, 6) is 1.15. The second-order valence-corrected chi connectivity index (χ2v) is 7.89. The fourth-order valence-corrected chi connectivity index (χ4v) is 3.83. The quantitative estimate of drug-likeness (QED) is 0.582. The number of amidine groups is 1. The maximum absolute atomic E-state index is 12.4. The summed E-state index contributed by atoms with van der Waals surface area (Å²) in [5.41, 5.74) is 2.80. The van der Waals surface area contributed by atoms with Gasteiger partial charge in [-0.1, -0.05) is 33.6 Å². The average Bonchev–Trinajstić information content (AvgIpc) is 3.00. The molecule has 2 aromatic carbocycles. The van der Waals surface area contributed by atoms with Gasteiger partial charge in [0.2, 0.25) is 0 Å². The van der Waals surface area contributed by atoms with E-state index in [0.29, 0.717) is 34.8 Å². The van der Waals surface area contributed by atoms with Gasteiger partial charge in [0.1, 0.15) is 0 Å². The Morgan fingerprint density at radius 3 is 2.39 bits per heavy atom. The minimum absolute atomic E-state index is 0.172. The highest BCUT2D eigenvalue weighted by atomic mass is 79.9. The maximum Gasteiger partial charge on any atom is 0.264 e.